The van der Waals surface area contributed by atoms with Crippen molar-refractivity contribution in [3.8, 4) is 0 Å². The fourth-order valence-electron chi connectivity index (χ4n) is 3.73. The van der Waals surface area contributed by atoms with Gasteiger partial charge in [0.05, 0.1) is 6.10 Å². The Hall–Kier alpha value is -0.160. The maximum atomic E-state index is 9.90. The van der Waals surface area contributed by atoms with Crippen LogP contribution in [0, 0.1) is 5.92 Å². The van der Waals surface area contributed by atoms with Crippen molar-refractivity contribution in [3.63, 3.8) is 0 Å². The summed E-state index contributed by atoms with van der Waals surface area (Å²) in [5, 5.41) is 13.4. The normalized spacial score (nSPS) is 37.8. The van der Waals surface area contributed by atoms with E-state index in [9.17, 15) is 5.11 Å². The van der Waals surface area contributed by atoms with Gasteiger partial charge in [-0.25, -0.2) is 0 Å². The summed E-state index contributed by atoms with van der Waals surface area (Å²) >= 11 is 0. The van der Waals surface area contributed by atoms with Gasteiger partial charge in [0.25, 0.3) is 0 Å². The van der Waals surface area contributed by atoms with Crippen molar-refractivity contribution in [1.82, 2.24) is 15.1 Å². The third-order valence-corrected chi connectivity index (χ3v) is 4.58. The van der Waals surface area contributed by atoms with Crippen LogP contribution in [0.1, 0.15) is 25.7 Å². The van der Waals surface area contributed by atoms with E-state index >= 15 is 0 Å². The smallest absolute Gasteiger partial charge is 0.0682 e. The Labute approximate surface area is 111 Å². The Balaban J connectivity index is 1.89. The first-order valence-electron chi connectivity index (χ1n) is 7.34. The second-order valence-corrected chi connectivity index (χ2v) is 6.35. The molecule has 2 aliphatic rings. The van der Waals surface area contributed by atoms with Gasteiger partial charge in [-0.3, -0.25) is 4.90 Å². The summed E-state index contributed by atoms with van der Waals surface area (Å²) < 4.78 is 0. The van der Waals surface area contributed by atoms with E-state index in [4.69, 9.17) is 0 Å². The number of hydrogen-bond donors (Lipinski definition) is 2. The summed E-state index contributed by atoms with van der Waals surface area (Å²) in [6.07, 6.45) is 4.83. The summed E-state index contributed by atoms with van der Waals surface area (Å²) in [5.41, 5.74) is 0. The van der Waals surface area contributed by atoms with Gasteiger partial charge in [-0.15, -0.1) is 0 Å². The quantitative estimate of drug-likeness (QED) is 0.744. The zero-order chi connectivity index (χ0) is 13.1. The number of likely N-dealkylation sites (N-methyl/N-ethyl adjacent to an activating group) is 1. The van der Waals surface area contributed by atoms with E-state index in [1.807, 2.05) is 0 Å². The fourth-order valence-corrected chi connectivity index (χ4v) is 3.73. The van der Waals surface area contributed by atoms with Crippen LogP contribution in [0.15, 0.2) is 0 Å². The maximum absolute atomic E-state index is 9.90. The summed E-state index contributed by atoms with van der Waals surface area (Å²) in [6.45, 7) is 3.08. The zero-order valence-corrected chi connectivity index (χ0v) is 12.1. The van der Waals surface area contributed by atoms with Gasteiger partial charge in [0.1, 0.15) is 0 Å². The van der Waals surface area contributed by atoms with Crippen LogP contribution in [0.5, 0.6) is 0 Å². The van der Waals surface area contributed by atoms with Crippen molar-refractivity contribution >= 4 is 0 Å². The molecule has 1 saturated carbocycles. The van der Waals surface area contributed by atoms with Crippen molar-refractivity contribution < 1.29 is 5.11 Å². The summed E-state index contributed by atoms with van der Waals surface area (Å²) in [4.78, 5) is 4.75. The molecule has 0 radical (unpaired) electrons. The average molecular weight is 255 g/mol. The van der Waals surface area contributed by atoms with E-state index < -0.39 is 0 Å². The number of hydrogen-bond acceptors (Lipinski definition) is 4. The monoisotopic (exact) mass is 255 g/mol. The van der Waals surface area contributed by atoms with Crippen LogP contribution in [-0.2, 0) is 0 Å². The van der Waals surface area contributed by atoms with Crippen molar-refractivity contribution in [2.75, 3.05) is 40.8 Å². The molecule has 4 heteroatoms. The maximum Gasteiger partial charge on any atom is 0.0682 e. The number of nitrogens with one attached hydrogen (secondary N) is 1. The Morgan fingerprint density at radius 2 is 2.11 bits per heavy atom. The first-order chi connectivity index (χ1) is 8.60. The molecule has 0 bridgehead atoms. The SMILES string of the molecule is CNC1CCCC1CN1CC(O)CC1CN(C)C. The lowest BCUT2D eigenvalue weighted by molar-refractivity contribution is 0.154. The van der Waals surface area contributed by atoms with Gasteiger partial charge in [-0.2, -0.15) is 0 Å². The molecule has 1 aliphatic carbocycles. The van der Waals surface area contributed by atoms with Crippen molar-refractivity contribution in [3.05, 3.63) is 0 Å². The number of likely N-dealkylation sites (tertiary alicyclic amines) is 1. The number of nitrogens with zero attached hydrogens (tertiary/aromatic N) is 2. The Morgan fingerprint density at radius 3 is 2.78 bits per heavy atom. The number of β-amino-alcohol motifs (C(OH)–C–C–N with tert-alkyl or cyclic N) is 1. The lowest BCUT2D eigenvalue weighted by Crippen LogP contribution is -2.43. The highest BCUT2D eigenvalue weighted by Crippen LogP contribution is 2.29. The molecule has 1 heterocycles. The Morgan fingerprint density at radius 1 is 1.33 bits per heavy atom. The molecule has 4 atom stereocenters. The molecule has 18 heavy (non-hydrogen) atoms. The second kappa shape index (κ2) is 6.33. The molecule has 0 aromatic rings. The van der Waals surface area contributed by atoms with Crippen LogP contribution in [-0.4, -0.2) is 73.9 Å². The molecule has 1 aliphatic heterocycles. The number of aliphatic hydroxyl groups is 1. The van der Waals surface area contributed by atoms with E-state index in [0.29, 0.717) is 12.1 Å². The van der Waals surface area contributed by atoms with Crippen molar-refractivity contribution in [2.45, 2.75) is 43.9 Å². The van der Waals surface area contributed by atoms with Gasteiger partial charge in [0.2, 0.25) is 0 Å². The number of aliphatic hydroxyl groups excluding tert-OH is 1. The second-order valence-electron chi connectivity index (χ2n) is 6.35. The molecular weight excluding hydrogens is 226 g/mol. The average Bonchev–Trinajstić information content (AvgIpc) is 2.86. The van der Waals surface area contributed by atoms with E-state index in [1.54, 1.807) is 0 Å². The Bertz CT molecular complexity index is 259. The summed E-state index contributed by atoms with van der Waals surface area (Å²) in [6, 6.07) is 1.22. The molecule has 0 aromatic carbocycles. The highest BCUT2D eigenvalue weighted by Gasteiger charge is 2.35. The molecule has 4 unspecified atom stereocenters. The molecule has 4 nitrogen and oxygen atoms in total. The zero-order valence-electron chi connectivity index (χ0n) is 12.1. The minimum Gasteiger partial charge on any atom is -0.392 e. The highest BCUT2D eigenvalue weighted by atomic mass is 16.3. The molecule has 2 rings (SSSR count). The Kier molecular flexibility index (Phi) is 5.01. The number of rotatable bonds is 5. The topological polar surface area (TPSA) is 38.7 Å². The third kappa shape index (κ3) is 3.44. The largest absolute Gasteiger partial charge is 0.392 e. The van der Waals surface area contributed by atoms with E-state index in [1.165, 1.54) is 19.3 Å². The lowest BCUT2D eigenvalue weighted by atomic mass is 10.0. The standard InChI is InChI=1S/C14H29N3O/c1-15-14-6-4-5-11(14)8-17-10-13(18)7-12(17)9-16(2)3/h11-15,18H,4-10H2,1-3H3. The molecule has 106 valence electrons. The van der Waals surface area contributed by atoms with Gasteiger partial charge in [-0.05, 0) is 46.3 Å². The minimum absolute atomic E-state index is 0.121. The fraction of sp³-hybridized carbons (Fsp3) is 1.00. The molecule has 2 fully saturated rings. The molecule has 0 amide bonds. The molecule has 1 saturated heterocycles. The van der Waals surface area contributed by atoms with Crippen molar-refractivity contribution in [2.24, 2.45) is 5.92 Å². The van der Waals surface area contributed by atoms with Crippen LogP contribution >= 0.6 is 0 Å². The van der Waals surface area contributed by atoms with Crippen LogP contribution in [0.25, 0.3) is 0 Å². The molecule has 0 aromatic heterocycles. The first-order valence-corrected chi connectivity index (χ1v) is 7.34. The molecule has 0 spiro atoms. The van der Waals surface area contributed by atoms with Crippen LogP contribution in [0.3, 0.4) is 0 Å². The van der Waals surface area contributed by atoms with E-state index in [2.05, 4.69) is 36.3 Å². The van der Waals surface area contributed by atoms with Gasteiger partial charge in [0, 0.05) is 31.7 Å². The van der Waals surface area contributed by atoms with Crippen LogP contribution in [0.2, 0.25) is 0 Å². The summed E-state index contributed by atoms with van der Waals surface area (Å²) in [7, 11) is 6.32. The molecular formula is C14H29N3O. The third-order valence-electron chi connectivity index (χ3n) is 4.58. The predicted octanol–water partition coefficient (Wildman–Crippen LogP) is 0.371. The van der Waals surface area contributed by atoms with Crippen LogP contribution in [0.4, 0.5) is 0 Å². The molecule has 2 N–H and O–H groups in total. The minimum atomic E-state index is -0.121. The van der Waals surface area contributed by atoms with E-state index in [-0.39, 0.29) is 6.10 Å². The van der Waals surface area contributed by atoms with Crippen molar-refractivity contribution in [1.29, 1.82) is 0 Å². The highest BCUT2D eigenvalue weighted by molar-refractivity contribution is 4.91. The lowest BCUT2D eigenvalue weighted by Gasteiger charge is -2.31. The summed E-state index contributed by atoms with van der Waals surface area (Å²) in [5.74, 6) is 0.768. The first kappa shape index (κ1) is 14.3. The van der Waals surface area contributed by atoms with Gasteiger partial charge in [-0.1, -0.05) is 6.42 Å². The van der Waals surface area contributed by atoms with Gasteiger partial charge < -0.3 is 15.3 Å². The van der Waals surface area contributed by atoms with Gasteiger partial charge in [0.15, 0.2) is 0 Å². The van der Waals surface area contributed by atoms with Crippen LogP contribution < -0.4 is 5.32 Å². The van der Waals surface area contributed by atoms with E-state index in [0.717, 1.165) is 32.0 Å². The van der Waals surface area contributed by atoms with Gasteiger partial charge >= 0.3 is 0 Å². The predicted molar refractivity (Wildman–Crippen MR) is 74.7 cm³/mol.